The number of rotatable bonds is 4. The van der Waals surface area contributed by atoms with Gasteiger partial charge in [-0.25, -0.2) is 4.98 Å². The predicted octanol–water partition coefficient (Wildman–Crippen LogP) is 2.70. The second-order valence-electron chi connectivity index (χ2n) is 3.62. The minimum Gasteiger partial charge on any atom is -0.340 e. The van der Waals surface area contributed by atoms with Gasteiger partial charge in [-0.2, -0.15) is 4.98 Å². The first-order chi connectivity index (χ1) is 8.67. The van der Waals surface area contributed by atoms with E-state index in [1.165, 1.54) is 0 Å². The minimum absolute atomic E-state index is 0.290. The van der Waals surface area contributed by atoms with E-state index in [2.05, 4.69) is 43.2 Å². The average molecular weight is 354 g/mol. The van der Waals surface area contributed by atoms with Crippen LogP contribution >= 0.6 is 22.6 Å². The number of anilines is 3. The molecule has 0 saturated carbocycles. The Kier molecular flexibility index (Phi) is 4.08. The van der Waals surface area contributed by atoms with Gasteiger partial charge >= 0.3 is 0 Å². The molecule has 1 aromatic heterocycles. The maximum Gasteiger partial charge on any atom is 0.231 e. The van der Waals surface area contributed by atoms with Crippen molar-refractivity contribution in [3.05, 3.63) is 39.6 Å². The molecule has 2 aromatic rings. The molecule has 1 heterocycles. The van der Waals surface area contributed by atoms with E-state index >= 15 is 0 Å². The monoisotopic (exact) mass is 354 g/mol. The largest absolute Gasteiger partial charge is 0.340 e. The zero-order valence-corrected chi connectivity index (χ0v) is 11.8. The summed E-state index contributed by atoms with van der Waals surface area (Å²) in [6.45, 7) is 1.84. The molecular formula is C12H11IN4O. The molecule has 0 bridgehead atoms. The van der Waals surface area contributed by atoms with Crippen molar-refractivity contribution >= 4 is 46.5 Å². The van der Waals surface area contributed by atoms with Crippen molar-refractivity contribution < 1.29 is 4.79 Å². The molecule has 0 spiro atoms. The minimum atomic E-state index is 0.290. The lowest BCUT2D eigenvalue weighted by Crippen LogP contribution is -2.04. The van der Waals surface area contributed by atoms with E-state index in [1.807, 2.05) is 37.3 Å². The smallest absolute Gasteiger partial charge is 0.231 e. The molecule has 0 aliphatic heterocycles. The molecule has 1 aromatic carbocycles. The van der Waals surface area contributed by atoms with Gasteiger partial charge in [0.25, 0.3) is 0 Å². The Morgan fingerprint density at radius 1 is 1.28 bits per heavy atom. The van der Waals surface area contributed by atoms with Crippen LogP contribution in [0.25, 0.3) is 0 Å². The van der Waals surface area contributed by atoms with Gasteiger partial charge in [-0.3, -0.25) is 10.1 Å². The Labute approximate surface area is 118 Å². The SMILES string of the molecule is Cc1cc(Nc2cccc(I)c2)nc(NC=O)n1. The number of carbonyl (C=O) groups is 1. The van der Waals surface area contributed by atoms with Crippen LogP contribution in [0.3, 0.4) is 0 Å². The van der Waals surface area contributed by atoms with Crippen LogP contribution in [0.1, 0.15) is 5.69 Å². The van der Waals surface area contributed by atoms with Crippen LogP contribution in [0.4, 0.5) is 17.5 Å². The van der Waals surface area contributed by atoms with E-state index in [0.717, 1.165) is 15.0 Å². The van der Waals surface area contributed by atoms with Crippen LogP contribution in [-0.2, 0) is 4.79 Å². The highest BCUT2D eigenvalue weighted by Crippen LogP contribution is 2.18. The predicted molar refractivity (Wildman–Crippen MR) is 78.9 cm³/mol. The third kappa shape index (κ3) is 3.39. The third-order valence-corrected chi connectivity index (χ3v) is 2.81. The Bertz CT molecular complexity index is 574. The normalized spacial score (nSPS) is 9.89. The summed E-state index contributed by atoms with van der Waals surface area (Å²) in [6.07, 6.45) is 0.560. The van der Waals surface area contributed by atoms with Crippen molar-refractivity contribution in [2.75, 3.05) is 10.6 Å². The Balaban J connectivity index is 2.25. The number of hydrogen-bond acceptors (Lipinski definition) is 4. The number of aryl methyl sites for hydroxylation is 1. The number of hydrogen-bond donors (Lipinski definition) is 2. The van der Waals surface area contributed by atoms with Crippen LogP contribution in [0.2, 0.25) is 0 Å². The topological polar surface area (TPSA) is 66.9 Å². The maximum absolute atomic E-state index is 10.4. The fourth-order valence-electron chi connectivity index (χ4n) is 1.46. The van der Waals surface area contributed by atoms with Gasteiger partial charge < -0.3 is 5.32 Å². The molecule has 5 nitrogen and oxygen atoms in total. The molecule has 0 atom stereocenters. The van der Waals surface area contributed by atoms with E-state index in [4.69, 9.17) is 0 Å². The zero-order valence-electron chi connectivity index (χ0n) is 9.64. The van der Waals surface area contributed by atoms with Crippen LogP contribution in [0.15, 0.2) is 30.3 Å². The number of halogens is 1. The van der Waals surface area contributed by atoms with E-state index < -0.39 is 0 Å². The lowest BCUT2D eigenvalue weighted by atomic mass is 10.3. The number of amides is 1. The molecule has 18 heavy (non-hydrogen) atoms. The Morgan fingerprint density at radius 2 is 2.11 bits per heavy atom. The van der Waals surface area contributed by atoms with Gasteiger partial charge in [-0.15, -0.1) is 0 Å². The number of benzene rings is 1. The molecule has 0 aliphatic carbocycles. The molecule has 0 radical (unpaired) electrons. The van der Waals surface area contributed by atoms with Gasteiger partial charge in [0.15, 0.2) is 0 Å². The molecule has 0 saturated heterocycles. The molecule has 92 valence electrons. The highest BCUT2D eigenvalue weighted by Gasteiger charge is 2.02. The standard InChI is InChI=1S/C12H11IN4O/c1-8-5-11(17-12(15-8)14-7-18)16-10-4-2-3-9(13)6-10/h2-7H,1H3,(H2,14,15,16,17,18). The fraction of sp³-hybridized carbons (Fsp3) is 0.0833. The highest BCUT2D eigenvalue weighted by atomic mass is 127. The summed E-state index contributed by atoms with van der Waals surface area (Å²) >= 11 is 2.24. The van der Waals surface area contributed by atoms with E-state index in [9.17, 15) is 4.79 Å². The van der Waals surface area contributed by atoms with Gasteiger partial charge in [0.1, 0.15) is 5.82 Å². The molecule has 0 aliphatic rings. The quantitative estimate of drug-likeness (QED) is 0.655. The van der Waals surface area contributed by atoms with E-state index in [0.29, 0.717) is 12.2 Å². The highest BCUT2D eigenvalue weighted by molar-refractivity contribution is 14.1. The number of aromatic nitrogens is 2. The van der Waals surface area contributed by atoms with Crippen LogP contribution in [0.5, 0.6) is 0 Å². The summed E-state index contributed by atoms with van der Waals surface area (Å²) in [7, 11) is 0. The lowest BCUT2D eigenvalue weighted by molar-refractivity contribution is -0.105. The molecule has 0 fully saturated rings. The fourth-order valence-corrected chi connectivity index (χ4v) is 2.01. The van der Waals surface area contributed by atoms with Crippen molar-refractivity contribution in [1.29, 1.82) is 0 Å². The summed E-state index contributed by atoms with van der Waals surface area (Å²) < 4.78 is 1.13. The average Bonchev–Trinajstić information content (AvgIpc) is 2.28. The van der Waals surface area contributed by atoms with Crippen molar-refractivity contribution in [3.63, 3.8) is 0 Å². The molecule has 6 heteroatoms. The zero-order chi connectivity index (χ0) is 13.0. The van der Waals surface area contributed by atoms with E-state index in [-0.39, 0.29) is 5.95 Å². The first kappa shape index (κ1) is 12.7. The number of carbonyl (C=O) groups excluding carboxylic acids is 1. The summed E-state index contributed by atoms with van der Waals surface area (Å²) in [6, 6.07) is 9.74. The summed E-state index contributed by atoms with van der Waals surface area (Å²) in [5.74, 6) is 0.937. The molecular weight excluding hydrogens is 343 g/mol. The lowest BCUT2D eigenvalue weighted by Gasteiger charge is -2.08. The second-order valence-corrected chi connectivity index (χ2v) is 4.86. The van der Waals surface area contributed by atoms with Crippen molar-refractivity contribution in [2.24, 2.45) is 0 Å². The Hall–Kier alpha value is -1.70. The first-order valence-corrected chi connectivity index (χ1v) is 6.34. The van der Waals surface area contributed by atoms with Crippen molar-refractivity contribution in [3.8, 4) is 0 Å². The van der Waals surface area contributed by atoms with Gasteiger partial charge in [-0.1, -0.05) is 6.07 Å². The van der Waals surface area contributed by atoms with Gasteiger partial charge in [-0.05, 0) is 47.7 Å². The Morgan fingerprint density at radius 3 is 2.83 bits per heavy atom. The van der Waals surface area contributed by atoms with Crippen molar-refractivity contribution in [1.82, 2.24) is 9.97 Å². The van der Waals surface area contributed by atoms with Crippen LogP contribution in [-0.4, -0.2) is 16.4 Å². The summed E-state index contributed by atoms with van der Waals surface area (Å²) in [4.78, 5) is 18.7. The molecule has 1 amide bonds. The second kappa shape index (κ2) is 5.76. The van der Waals surface area contributed by atoms with Crippen LogP contribution < -0.4 is 10.6 Å². The van der Waals surface area contributed by atoms with Gasteiger partial charge in [0, 0.05) is 21.0 Å². The van der Waals surface area contributed by atoms with Crippen molar-refractivity contribution in [2.45, 2.75) is 6.92 Å². The molecule has 2 rings (SSSR count). The van der Waals surface area contributed by atoms with Gasteiger partial charge in [0.2, 0.25) is 12.4 Å². The number of nitrogens with one attached hydrogen (secondary N) is 2. The summed E-state index contributed by atoms with van der Waals surface area (Å²) in [5, 5.41) is 5.61. The maximum atomic E-state index is 10.4. The van der Waals surface area contributed by atoms with E-state index in [1.54, 1.807) is 0 Å². The van der Waals surface area contributed by atoms with Crippen LogP contribution in [0, 0.1) is 10.5 Å². The first-order valence-electron chi connectivity index (χ1n) is 5.26. The molecule has 0 unspecified atom stereocenters. The van der Waals surface area contributed by atoms with Gasteiger partial charge in [0.05, 0.1) is 0 Å². The molecule has 2 N–H and O–H groups in total. The third-order valence-electron chi connectivity index (χ3n) is 2.14. The number of nitrogens with zero attached hydrogens (tertiary/aromatic N) is 2. The summed E-state index contributed by atoms with van der Waals surface area (Å²) in [5.41, 5.74) is 1.72.